The van der Waals surface area contributed by atoms with E-state index in [4.69, 9.17) is 0 Å². The molecule has 11 aromatic carbocycles. The van der Waals surface area contributed by atoms with E-state index in [0.717, 1.165) is 88.4 Å². The van der Waals surface area contributed by atoms with Crippen molar-refractivity contribution < 1.29 is 9.59 Å². The van der Waals surface area contributed by atoms with Crippen molar-refractivity contribution in [2.24, 2.45) is 0 Å². The molecule has 346 valence electrons. The van der Waals surface area contributed by atoms with Crippen LogP contribution in [0.2, 0.25) is 0 Å². The number of ketones is 2. The second kappa shape index (κ2) is 16.2. The van der Waals surface area contributed by atoms with Gasteiger partial charge in [-0.3, -0.25) is 9.59 Å². The number of carbonyl (C=O) groups excluding carboxylic acids is 2. The van der Waals surface area contributed by atoms with Crippen molar-refractivity contribution in [3.05, 3.63) is 277 Å². The van der Waals surface area contributed by atoms with E-state index in [1.807, 2.05) is 48.5 Å². The van der Waals surface area contributed by atoms with Crippen LogP contribution in [0.15, 0.2) is 255 Å². The summed E-state index contributed by atoms with van der Waals surface area (Å²) < 4.78 is 9.10. The molecule has 0 amide bonds. The van der Waals surface area contributed by atoms with Gasteiger partial charge in [0, 0.05) is 76.7 Å². The number of aromatic nitrogens is 4. The van der Waals surface area contributed by atoms with Crippen LogP contribution >= 0.6 is 0 Å². The third kappa shape index (κ3) is 6.12. The molecule has 74 heavy (non-hydrogen) atoms. The number of benzene rings is 11. The molecule has 6 nitrogen and oxygen atoms in total. The molecule has 4 aromatic heterocycles. The summed E-state index contributed by atoms with van der Waals surface area (Å²) in [6.45, 7) is 0. The second-order valence-corrected chi connectivity index (χ2v) is 19.1. The lowest BCUT2D eigenvalue weighted by Gasteiger charge is -2.15. The fourth-order valence-electron chi connectivity index (χ4n) is 11.9. The number of hydrogen-bond donors (Lipinski definition) is 0. The van der Waals surface area contributed by atoms with Crippen LogP contribution in [0.4, 0.5) is 0 Å². The molecule has 15 aromatic rings. The first-order valence-corrected chi connectivity index (χ1v) is 25.0. The van der Waals surface area contributed by atoms with E-state index < -0.39 is 0 Å². The fourth-order valence-corrected chi connectivity index (χ4v) is 11.9. The Labute approximate surface area is 424 Å². The van der Waals surface area contributed by atoms with Crippen LogP contribution in [0.1, 0.15) is 31.8 Å². The predicted molar refractivity (Wildman–Crippen MR) is 304 cm³/mol. The Morgan fingerprint density at radius 2 is 0.486 bits per heavy atom. The Balaban J connectivity index is 0.789. The number of para-hydroxylation sites is 8. The maximum absolute atomic E-state index is 14.8. The van der Waals surface area contributed by atoms with E-state index in [0.29, 0.717) is 22.3 Å². The maximum atomic E-state index is 14.8. The average molecular weight is 947 g/mol. The minimum absolute atomic E-state index is 0.126. The molecule has 0 atom stereocenters. The molecule has 15 rings (SSSR count). The third-order valence-corrected chi connectivity index (χ3v) is 15.2. The fraction of sp³-hybridized carbons (Fsp3) is 0. The summed E-state index contributed by atoms with van der Waals surface area (Å²) in [5.41, 5.74) is 14.5. The molecule has 6 heteroatoms. The van der Waals surface area contributed by atoms with Gasteiger partial charge in [0.1, 0.15) is 0 Å². The van der Waals surface area contributed by atoms with Gasteiger partial charge in [0.05, 0.1) is 55.5 Å². The van der Waals surface area contributed by atoms with Gasteiger partial charge in [-0.1, -0.05) is 158 Å². The van der Waals surface area contributed by atoms with Crippen LogP contribution in [-0.4, -0.2) is 29.8 Å². The van der Waals surface area contributed by atoms with Gasteiger partial charge in [-0.15, -0.1) is 0 Å². The van der Waals surface area contributed by atoms with Crippen LogP contribution < -0.4 is 0 Å². The van der Waals surface area contributed by atoms with E-state index >= 15 is 0 Å². The number of hydrogen-bond acceptors (Lipinski definition) is 2. The molecule has 4 heterocycles. The van der Waals surface area contributed by atoms with E-state index in [-0.39, 0.29) is 11.6 Å². The normalized spacial score (nSPS) is 11.9. The van der Waals surface area contributed by atoms with Crippen LogP contribution in [0, 0.1) is 0 Å². The zero-order valence-corrected chi connectivity index (χ0v) is 39.9. The maximum Gasteiger partial charge on any atom is 0.195 e. The average Bonchev–Trinajstić information content (AvgIpc) is 4.20. The summed E-state index contributed by atoms with van der Waals surface area (Å²) in [5, 5.41) is 9.24. The lowest BCUT2D eigenvalue weighted by molar-refractivity contribution is 0.102. The second-order valence-electron chi connectivity index (χ2n) is 19.1. The van der Waals surface area contributed by atoms with E-state index in [9.17, 15) is 9.59 Å². The summed E-state index contributed by atoms with van der Waals surface area (Å²) in [5.74, 6) is -0.253. The highest BCUT2D eigenvalue weighted by Crippen LogP contribution is 2.40. The highest BCUT2D eigenvalue weighted by atomic mass is 16.1. The standard InChI is InChI=1S/C68H42N4O2/c73-67(53-23-7-15-31-63(53)71-61-29-13-5-21-51(61)55-41-45(37-39-65(55)71)69-57-25-9-1-17-47(57)48-18-2-10-26-58(48)69)43-33-35-44(36-34-43)68(74)54-24-8-16-32-64(54)72-62-30-14-6-22-52(62)56-42-46(38-40-66(56)72)70-59-27-11-3-19-49(59)50-20-4-12-28-60(50)70/h1-42H. The SMILES string of the molecule is O=C(c1ccc(C(=O)c2ccccc2-n2c3ccccc3c3cc(-n4c5ccccc5c5ccccc54)ccc32)cc1)c1ccccc1-n1c2ccccc2c2cc(-n3c4ccccc4c4ccccc43)ccc21. The largest absolute Gasteiger partial charge is 0.309 e. The minimum atomic E-state index is -0.126. The van der Waals surface area contributed by atoms with Gasteiger partial charge in [-0.05, 0) is 97.1 Å². The molecule has 0 unspecified atom stereocenters. The Kier molecular flexibility index (Phi) is 9.16. The zero-order valence-electron chi connectivity index (χ0n) is 39.9. The molecule has 0 radical (unpaired) electrons. The minimum Gasteiger partial charge on any atom is -0.309 e. The van der Waals surface area contributed by atoms with Crippen LogP contribution in [0.3, 0.4) is 0 Å². The van der Waals surface area contributed by atoms with Crippen molar-refractivity contribution in [3.63, 3.8) is 0 Å². The van der Waals surface area contributed by atoms with E-state index in [2.05, 4.69) is 200 Å². The number of nitrogens with zero attached hydrogens (tertiary/aromatic N) is 4. The molecule has 0 fully saturated rings. The Hall–Kier alpha value is -10.0. The van der Waals surface area contributed by atoms with Crippen molar-refractivity contribution in [3.8, 4) is 22.7 Å². The molecule has 0 aliphatic rings. The van der Waals surface area contributed by atoms with Crippen molar-refractivity contribution in [2.75, 3.05) is 0 Å². The summed E-state index contributed by atoms with van der Waals surface area (Å²) in [4.78, 5) is 29.6. The van der Waals surface area contributed by atoms with E-state index in [1.165, 1.54) is 21.5 Å². The molecule has 0 aliphatic heterocycles. The molecule has 0 N–H and O–H groups in total. The molecule has 0 saturated heterocycles. The lowest BCUT2D eigenvalue weighted by atomic mass is 9.97. The van der Waals surface area contributed by atoms with Gasteiger partial charge in [0.2, 0.25) is 0 Å². The van der Waals surface area contributed by atoms with Crippen molar-refractivity contribution in [1.29, 1.82) is 0 Å². The molecular weight excluding hydrogens is 905 g/mol. The first kappa shape index (κ1) is 41.7. The molecule has 0 aliphatic carbocycles. The van der Waals surface area contributed by atoms with Gasteiger partial charge < -0.3 is 18.3 Å². The van der Waals surface area contributed by atoms with Gasteiger partial charge in [-0.25, -0.2) is 0 Å². The lowest BCUT2D eigenvalue weighted by Crippen LogP contribution is -2.10. The smallest absolute Gasteiger partial charge is 0.195 e. The first-order chi connectivity index (χ1) is 36.6. The van der Waals surface area contributed by atoms with E-state index in [1.54, 1.807) is 24.3 Å². The zero-order chi connectivity index (χ0) is 49.0. The Bertz CT molecular complexity index is 4420. The van der Waals surface area contributed by atoms with Crippen molar-refractivity contribution in [2.45, 2.75) is 0 Å². The number of carbonyl (C=O) groups is 2. The van der Waals surface area contributed by atoms with Crippen LogP contribution in [-0.2, 0) is 0 Å². The molecule has 0 bridgehead atoms. The molecule has 0 saturated carbocycles. The van der Waals surface area contributed by atoms with Gasteiger partial charge in [-0.2, -0.15) is 0 Å². The Morgan fingerprint density at radius 3 is 0.824 bits per heavy atom. The number of fused-ring (bicyclic) bond motifs is 12. The molecular formula is C68H42N4O2. The van der Waals surface area contributed by atoms with Crippen molar-refractivity contribution >= 4 is 98.8 Å². The van der Waals surface area contributed by atoms with Crippen LogP contribution in [0.25, 0.3) is 110 Å². The Morgan fingerprint density at radius 1 is 0.230 bits per heavy atom. The quantitative estimate of drug-likeness (QED) is 0.143. The summed E-state index contributed by atoms with van der Waals surface area (Å²) >= 11 is 0. The highest BCUT2D eigenvalue weighted by molar-refractivity contribution is 6.18. The topological polar surface area (TPSA) is 53.9 Å². The summed E-state index contributed by atoms with van der Waals surface area (Å²) in [6.07, 6.45) is 0. The highest BCUT2D eigenvalue weighted by Gasteiger charge is 2.24. The van der Waals surface area contributed by atoms with Gasteiger partial charge in [0.15, 0.2) is 11.6 Å². The van der Waals surface area contributed by atoms with Crippen molar-refractivity contribution in [1.82, 2.24) is 18.3 Å². The van der Waals surface area contributed by atoms with Gasteiger partial charge in [0.25, 0.3) is 0 Å². The predicted octanol–water partition coefficient (Wildman–Crippen LogP) is 16.5. The summed E-state index contributed by atoms with van der Waals surface area (Å²) in [6, 6.07) is 87.1. The van der Waals surface area contributed by atoms with Crippen LogP contribution in [0.5, 0.6) is 0 Å². The third-order valence-electron chi connectivity index (χ3n) is 15.2. The molecule has 0 spiro atoms. The first-order valence-electron chi connectivity index (χ1n) is 25.0. The van der Waals surface area contributed by atoms with Gasteiger partial charge >= 0.3 is 0 Å². The monoisotopic (exact) mass is 946 g/mol. The summed E-state index contributed by atoms with van der Waals surface area (Å²) in [7, 11) is 0. The number of rotatable bonds is 8.